The lowest BCUT2D eigenvalue weighted by Gasteiger charge is -2.06. The van der Waals surface area contributed by atoms with Crippen molar-refractivity contribution in [1.82, 2.24) is 19.7 Å². The van der Waals surface area contributed by atoms with Crippen LogP contribution in [0.15, 0.2) is 53.4 Å². The maximum atomic E-state index is 13.7. The van der Waals surface area contributed by atoms with Crippen molar-refractivity contribution in [3.05, 3.63) is 64.8 Å². The molecular weight excluding hydrogens is 323 g/mol. The molecule has 2 heterocycles. The lowest BCUT2D eigenvalue weighted by molar-refractivity contribution is 0.585. The van der Waals surface area contributed by atoms with E-state index in [-0.39, 0.29) is 5.82 Å². The summed E-state index contributed by atoms with van der Waals surface area (Å²) >= 11 is 3.25. The molecular formula is C14H10BrFN4. The number of halogens is 2. The second-order valence-electron chi connectivity index (χ2n) is 4.17. The molecule has 0 radical (unpaired) electrons. The molecule has 0 fully saturated rings. The van der Waals surface area contributed by atoms with Crippen LogP contribution in [-0.4, -0.2) is 19.7 Å². The summed E-state index contributed by atoms with van der Waals surface area (Å²) in [5, 5.41) is 4.24. The van der Waals surface area contributed by atoms with Gasteiger partial charge in [0.15, 0.2) is 5.82 Å². The molecule has 0 saturated carbocycles. The van der Waals surface area contributed by atoms with Gasteiger partial charge in [0, 0.05) is 11.8 Å². The number of rotatable bonds is 3. The molecule has 1 aromatic carbocycles. The summed E-state index contributed by atoms with van der Waals surface area (Å²) in [5.41, 5.74) is 1.25. The topological polar surface area (TPSA) is 43.6 Å². The summed E-state index contributed by atoms with van der Waals surface area (Å²) in [4.78, 5) is 8.54. The molecule has 6 heteroatoms. The lowest BCUT2D eigenvalue weighted by Crippen LogP contribution is -2.06. The van der Waals surface area contributed by atoms with E-state index in [1.807, 2.05) is 18.2 Å². The number of benzene rings is 1. The SMILES string of the molecule is Fc1ccccc1Cn1nc(Br)nc1-c1ccccn1. The first-order valence-corrected chi connectivity index (χ1v) is 6.78. The van der Waals surface area contributed by atoms with Gasteiger partial charge in [-0.05, 0) is 34.1 Å². The predicted octanol–water partition coefficient (Wildman–Crippen LogP) is 3.29. The van der Waals surface area contributed by atoms with Crippen molar-refractivity contribution >= 4 is 15.9 Å². The molecule has 20 heavy (non-hydrogen) atoms. The lowest BCUT2D eigenvalue weighted by atomic mass is 10.2. The summed E-state index contributed by atoms with van der Waals surface area (Å²) < 4.78 is 15.8. The van der Waals surface area contributed by atoms with Gasteiger partial charge in [-0.2, -0.15) is 4.98 Å². The molecule has 0 N–H and O–H groups in total. The zero-order valence-corrected chi connectivity index (χ0v) is 12.0. The first kappa shape index (κ1) is 12.9. The second kappa shape index (κ2) is 5.50. The van der Waals surface area contributed by atoms with Gasteiger partial charge < -0.3 is 0 Å². The third kappa shape index (κ3) is 2.60. The molecule has 0 unspecified atom stereocenters. The number of aromatic nitrogens is 4. The van der Waals surface area contributed by atoms with Crippen molar-refractivity contribution in [1.29, 1.82) is 0 Å². The molecule has 3 aromatic rings. The average molecular weight is 333 g/mol. The molecule has 0 aliphatic rings. The van der Waals surface area contributed by atoms with Crippen LogP contribution in [0.2, 0.25) is 0 Å². The van der Waals surface area contributed by atoms with Crippen molar-refractivity contribution in [2.24, 2.45) is 0 Å². The molecule has 0 amide bonds. The largest absolute Gasteiger partial charge is 0.253 e. The third-order valence-electron chi connectivity index (χ3n) is 2.82. The van der Waals surface area contributed by atoms with E-state index in [9.17, 15) is 4.39 Å². The summed E-state index contributed by atoms with van der Waals surface area (Å²) in [6.45, 7) is 0.303. The van der Waals surface area contributed by atoms with Crippen LogP contribution in [0.4, 0.5) is 4.39 Å². The van der Waals surface area contributed by atoms with Gasteiger partial charge >= 0.3 is 0 Å². The zero-order chi connectivity index (χ0) is 13.9. The number of hydrogen-bond acceptors (Lipinski definition) is 3. The zero-order valence-electron chi connectivity index (χ0n) is 10.4. The predicted molar refractivity (Wildman–Crippen MR) is 76.5 cm³/mol. The van der Waals surface area contributed by atoms with Crippen LogP contribution in [-0.2, 0) is 6.54 Å². The maximum absolute atomic E-state index is 13.7. The highest BCUT2D eigenvalue weighted by atomic mass is 79.9. The van der Waals surface area contributed by atoms with Crippen molar-refractivity contribution in [3.8, 4) is 11.5 Å². The quantitative estimate of drug-likeness (QED) is 0.739. The van der Waals surface area contributed by atoms with Gasteiger partial charge in [0.25, 0.3) is 0 Å². The molecule has 0 aliphatic heterocycles. The second-order valence-corrected chi connectivity index (χ2v) is 4.88. The van der Waals surface area contributed by atoms with Gasteiger partial charge in [0.2, 0.25) is 4.73 Å². The van der Waals surface area contributed by atoms with Gasteiger partial charge in [0.05, 0.1) is 6.54 Å². The summed E-state index contributed by atoms with van der Waals surface area (Å²) in [5.74, 6) is 0.340. The van der Waals surface area contributed by atoms with E-state index in [1.165, 1.54) is 6.07 Å². The fourth-order valence-electron chi connectivity index (χ4n) is 1.90. The van der Waals surface area contributed by atoms with Crippen molar-refractivity contribution in [2.75, 3.05) is 0 Å². The Morgan fingerprint density at radius 3 is 2.65 bits per heavy atom. The Labute approximate surface area is 123 Å². The maximum Gasteiger partial charge on any atom is 0.217 e. The first-order chi connectivity index (χ1) is 9.74. The summed E-state index contributed by atoms with van der Waals surface area (Å²) in [7, 11) is 0. The molecule has 0 bridgehead atoms. The van der Waals surface area contributed by atoms with Crippen LogP contribution in [0.3, 0.4) is 0 Å². The van der Waals surface area contributed by atoms with E-state index < -0.39 is 0 Å². The van der Waals surface area contributed by atoms with Crippen LogP contribution >= 0.6 is 15.9 Å². The monoisotopic (exact) mass is 332 g/mol. The highest BCUT2D eigenvalue weighted by Crippen LogP contribution is 2.19. The third-order valence-corrected chi connectivity index (χ3v) is 3.15. The molecule has 0 spiro atoms. The van der Waals surface area contributed by atoms with Crippen molar-refractivity contribution < 1.29 is 4.39 Å². The van der Waals surface area contributed by atoms with E-state index in [1.54, 1.807) is 29.1 Å². The summed E-state index contributed by atoms with van der Waals surface area (Å²) in [6.07, 6.45) is 1.69. The molecule has 0 saturated heterocycles. The molecule has 2 aromatic heterocycles. The normalized spacial score (nSPS) is 10.7. The minimum atomic E-state index is -0.258. The van der Waals surface area contributed by atoms with Crippen molar-refractivity contribution in [2.45, 2.75) is 6.54 Å². The highest BCUT2D eigenvalue weighted by Gasteiger charge is 2.13. The Balaban J connectivity index is 2.01. The van der Waals surface area contributed by atoms with E-state index in [0.29, 0.717) is 28.4 Å². The Bertz CT molecular complexity index is 727. The number of hydrogen-bond donors (Lipinski definition) is 0. The minimum absolute atomic E-state index is 0.258. The smallest absolute Gasteiger partial charge is 0.217 e. The van der Waals surface area contributed by atoms with Crippen LogP contribution in [0.25, 0.3) is 11.5 Å². The van der Waals surface area contributed by atoms with Gasteiger partial charge in [0.1, 0.15) is 11.5 Å². The van der Waals surface area contributed by atoms with Gasteiger partial charge in [-0.1, -0.05) is 24.3 Å². The van der Waals surface area contributed by atoms with E-state index in [2.05, 4.69) is 31.0 Å². The standard InChI is InChI=1S/C14H10BrFN4/c15-14-18-13(12-7-3-4-8-17-12)20(19-14)9-10-5-1-2-6-11(10)16/h1-8H,9H2. The Kier molecular flexibility index (Phi) is 3.56. The molecule has 0 atom stereocenters. The average Bonchev–Trinajstić information content (AvgIpc) is 2.83. The van der Waals surface area contributed by atoms with Crippen LogP contribution in [0, 0.1) is 5.82 Å². The molecule has 100 valence electrons. The molecule has 3 rings (SSSR count). The molecule has 4 nitrogen and oxygen atoms in total. The Morgan fingerprint density at radius 1 is 1.10 bits per heavy atom. The van der Waals surface area contributed by atoms with Crippen LogP contribution in [0.1, 0.15) is 5.56 Å². The Morgan fingerprint density at radius 2 is 1.90 bits per heavy atom. The van der Waals surface area contributed by atoms with E-state index in [0.717, 1.165) is 0 Å². The first-order valence-electron chi connectivity index (χ1n) is 5.99. The minimum Gasteiger partial charge on any atom is -0.253 e. The number of nitrogens with zero attached hydrogens (tertiary/aromatic N) is 4. The van der Waals surface area contributed by atoms with E-state index in [4.69, 9.17) is 0 Å². The van der Waals surface area contributed by atoms with Gasteiger partial charge in [-0.25, -0.2) is 9.07 Å². The Hall–Kier alpha value is -2.08. The van der Waals surface area contributed by atoms with Gasteiger partial charge in [-0.3, -0.25) is 4.98 Å². The van der Waals surface area contributed by atoms with E-state index >= 15 is 0 Å². The van der Waals surface area contributed by atoms with Crippen LogP contribution in [0.5, 0.6) is 0 Å². The van der Waals surface area contributed by atoms with Crippen LogP contribution < -0.4 is 0 Å². The van der Waals surface area contributed by atoms with Gasteiger partial charge in [-0.15, -0.1) is 5.10 Å². The highest BCUT2D eigenvalue weighted by molar-refractivity contribution is 9.10. The fraction of sp³-hybridized carbons (Fsp3) is 0.0714. The fourth-order valence-corrected chi connectivity index (χ4v) is 2.26. The molecule has 0 aliphatic carbocycles. The summed E-state index contributed by atoms with van der Waals surface area (Å²) in [6, 6.07) is 12.2. The number of pyridine rings is 1. The van der Waals surface area contributed by atoms with Crippen molar-refractivity contribution in [3.63, 3.8) is 0 Å².